The van der Waals surface area contributed by atoms with E-state index in [1.165, 1.54) is 12.1 Å². The second-order valence-electron chi connectivity index (χ2n) is 10.2. The van der Waals surface area contributed by atoms with Gasteiger partial charge < -0.3 is 20.9 Å². The number of nitrogens with two attached hydrogens (primary N) is 2. The minimum Gasteiger partial charge on any atom is -0.457 e. The molecule has 0 aliphatic carbocycles. The average Bonchev–Trinajstić information content (AvgIpc) is 2.94. The van der Waals surface area contributed by atoms with Crippen molar-refractivity contribution in [2.75, 3.05) is 11.5 Å². The van der Waals surface area contributed by atoms with Crippen molar-refractivity contribution in [1.29, 1.82) is 0 Å². The van der Waals surface area contributed by atoms with Crippen molar-refractivity contribution in [3.63, 3.8) is 0 Å². The summed E-state index contributed by atoms with van der Waals surface area (Å²) in [5.74, 6) is -0.999. The third kappa shape index (κ3) is 8.74. The van der Waals surface area contributed by atoms with E-state index < -0.39 is 52.6 Å². The van der Waals surface area contributed by atoms with Gasteiger partial charge in [0.15, 0.2) is 5.41 Å². The Morgan fingerprint density at radius 2 is 0.830 bits per heavy atom. The van der Waals surface area contributed by atoms with Gasteiger partial charge in [-0.3, -0.25) is 0 Å². The maximum atomic E-state index is 13.1. The van der Waals surface area contributed by atoms with Crippen LogP contribution in [-0.2, 0) is 17.8 Å². The summed E-state index contributed by atoms with van der Waals surface area (Å²) in [6.07, 6.45) is -20.6. The summed E-state index contributed by atoms with van der Waals surface area (Å²) in [4.78, 5) is 0. The van der Waals surface area contributed by atoms with Crippen LogP contribution in [-0.4, -0.2) is 12.4 Å². The normalized spacial score (nSPS) is 12.6. The molecule has 0 saturated carbocycles. The van der Waals surface area contributed by atoms with Crippen LogP contribution < -0.4 is 20.9 Å². The first kappa shape index (κ1) is 36.7. The number of hydrogen-bond donors (Lipinski definition) is 2. The number of rotatable bonds is 5. The second-order valence-corrected chi connectivity index (χ2v) is 10.2. The molecular formula is C31H24F12N2O2. The van der Waals surface area contributed by atoms with Crippen LogP contribution in [0.1, 0.15) is 29.2 Å². The molecule has 4 nitrogen and oxygen atoms in total. The Balaban J connectivity index is 0.000000274. The molecule has 0 heterocycles. The molecule has 0 unspecified atom stereocenters. The fraction of sp³-hybridized carbons (Fsp3) is 0.226. The van der Waals surface area contributed by atoms with Crippen molar-refractivity contribution in [1.82, 2.24) is 0 Å². The third-order valence-corrected chi connectivity index (χ3v) is 6.66. The molecule has 4 N–H and O–H groups in total. The molecule has 0 atom stereocenters. The first-order valence-corrected chi connectivity index (χ1v) is 13.0. The van der Waals surface area contributed by atoms with E-state index >= 15 is 0 Å². The molecule has 0 saturated heterocycles. The molecule has 0 aliphatic rings. The third-order valence-electron chi connectivity index (χ3n) is 6.66. The highest BCUT2D eigenvalue weighted by molar-refractivity contribution is 5.51. The van der Waals surface area contributed by atoms with Gasteiger partial charge in [-0.15, -0.1) is 0 Å². The van der Waals surface area contributed by atoms with Crippen LogP contribution in [0, 0.1) is 6.92 Å². The average molecular weight is 685 g/mol. The second kappa shape index (κ2) is 13.2. The van der Waals surface area contributed by atoms with Crippen molar-refractivity contribution in [3.05, 3.63) is 107 Å². The molecule has 16 heteroatoms. The Hall–Kier alpha value is -4.76. The van der Waals surface area contributed by atoms with Gasteiger partial charge in [-0.05, 0) is 80.1 Å². The first-order valence-electron chi connectivity index (χ1n) is 13.0. The molecule has 0 aliphatic heterocycles. The summed E-state index contributed by atoms with van der Waals surface area (Å²) < 4.78 is 166. The van der Waals surface area contributed by atoms with Crippen molar-refractivity contribution >= 4 is 11.4 Å². The Bertz CT molecular complexity index is 1650. The van der Waals surface area contributed by atoms with E-state index in [9.17, 15) is 52.7 Å². The molecule has 4 aromatic rings. The highest BCUT2D eigenvalue weighted by Crippen LogP contribution is 2.52. The standard InChI is InChI=1S/C17H12F9NO.C14H12F3NO/c1-14(16(21,22)23,17(24,25)26)9-2-5-11(6-3-9)28-13-7-4-10(27)8-12(13)15(18,19)20;1-9-2-5-11(6-3-9)19-13-7-4-10(18)8-12(13)14(15,16)17/h2-8H,27H2,1H3;2-8H,18H2,1H3. The van der Waals surface area contributed by atoms with E-state index in [4.69, 9.17) is 20.9 Å². The van der Waals surface area contributed by atoms with Crippen molar-refractivity contribution in [2.45, 2.75) is 44.0 Å². The van der Waals surface area contributed by atoms with Gasteiger partial charge in [0, 0.05) is 11.4 Å². The number of anilines is 2. The quantitative estimate of drug-likeness (QED) is 0.162. The Morgan fingerprint density at radius 3 is 1.15 bits per heavy atom. The zero-order chi connectivity index (χ0) is 35.6. The number of benzene rings is 4. The number of halogens is 12. The van der Waals surface area contributed by atoms with Crippen LogP contribution in [0.3, 0.4) is 0 Å². The lowest BCUT2D eigenvalue weighted by Crippen LogP contribution is -2.51. The predicted octanol–water partition coefficient (Wildman–Crippen LogP) is 10.9. The molecule has 4 aromatic carbocycles. The smallest absolute Gasteiger partial charge is 0.420 e. The number of hydrogen-bond acceptors (Lipinski definition) is 4. The van der Waals surface area contributed by atoms with Crippen LogP contribution in [0.15, 0.2) is 84.9 Å². The molecular weight excluding hydrogens is 660 g/mol. The van der Waals surface area contributed by atoms with E-state index in [0.29, 0.717) is 23.9 Å². The molecule has 0 amide bonds. The summed E-state index contributed by atoms with van der Waals surface area (Å²) in [6.45, 7) is 1.86. The monoisotopic (exact) mass is 684 g/mol. The SMILES string of the molecule is CC(c1ccc(Oc2ccc(N)cc2C(F)(F)F)cc1)(C(F)(F)F)C(F)(F)F.Cc1ccc(Oc2ccc(N)cc2C(F)(F)F)cc1. The summed E-state index contributed by atoms with van der Waals surface area (Å²) in [6, 6.07) is 15.3. The van der Waals surface area contributed by atoms with Gasteiger partial charge in [0.2, 0.25) is 0 Å². The number of aryl methyl sites for hydroxylation is 1. The zero-order valence-corrected chi connectivity index (χ0v) is 24.1. The van der Waals surface area contributed by atoms with E-state index in [1.54, 1.807) is 24.3 Å². The van der Waals surface area contributed by atoms with Crippen molar-refractivity contribution < 1.29 is 62.2 Å². The summed E-state index contributed by atoms with van der Waals surface area (Å²) in [5, 5.41) is 0. The maximum absolute atomic E-state index is 13.1. The van der Waals surface area contributed by atoms with Gasteiger partial charge in [0.25, 0.3) is 0 Å². The number of nitrogen functional groups attached to an aromatic ring is 2. The molecule has 0 spiro atoms. The van der Waals surface area contributed by atoms with Gasteiger partial charge in [0.05, 0.1) is 0 Å². The Morgan fingerprint density at radius 1 is 0.489 bits per heavy atom. The van der Waals surface area contributed by atoms with Gasteiger partial charge in [-0.1, -0.05) is 29.8 Å². The van der Waals surface area contributed by atoms with Gasteiger partial charge in [0.1, 0.15) is 34.1 Å². The van der Waals surface area contributed by atoms with E-state index in [0.717, 1.165) is 35.9 Å². The van der Waals surface area contributed by atoms with Crippen LogP contribution in [0.5, 0.6) is 23.0 Å². The molecule has 254 valence electrons. The van der Waals surface area contributed by atoms with Gasteiger partial charge in [-0.25, -0.2) is 0 Å². The van der Waals surface area contributed by atoms with E-state index in [2.05, 4.69) is 0 Å². The lowest BCUT2D eigenvalue weighted by molar-refractivity contribution is -0.297. The van der Waals surface area contributed by atoms with Crippen LogP contribution >= 0.6 is 0 Å². The predicted molar refractivity (Wildman–Crippen MR) is 149 cm³/mol. The molecule has 0 aromatic heterocycles. The zero-order valence-electron chi connectivity index (χ0n) is 24.1. The summed E-state index contributed by atoms with van der Waals surface area (Å²) in [5.41, 5.74) is 4.11. The first-order chi connectivity index (χ1) is 21.4. The number of ether oxygens (including phenoxy) is 2. The minimum absolute atomic E-state index is 0.0232. The van der Waals surface area contributed by atoms with E-state index in [1.807, 2.05) is 6.92 Å². The molecule has 0 radical (unpaired) electrons. The minimum atomic E-state index is -5.64. The lowest BCUT2D eigenvalue weighted by atomic mass is 9.81. The molecule has 0 bridgehead atoms. The Labute approximate surface area is 259 Å². The van der Waals surface area contributed by atoms with Crippen molar-refractivity contribution in [2.24, 2.45) is 0 Å². The summed E-state index contributed by atoms with van der Waals surface area (Å²) >= 11 is 0. The summed E-state index contributed by atoms with van der Waals surface area (Å²) in [7, 11) is 0. The molecule has 0 fully saturated rings. The maximum Gasteiger partial charge on any atom is 0.420 e. The van der Waals surface area contributed by atoms with Gasteiger partial charge >= 0.3 is 24.7 Å². The van der Waals surface area contributed by atoms with E-state index in [-0.39, 0.29) is 29.8 Å². The molecule has 4 rings (SSSR count). The lowest BCUT2D eigenvalue weighted by Gasteiger charge is -2.34. The van der Waals surface area contributed by atoms with Crippen LogP contribution in [0.2, 0.25) is 0 Å². The fourth-order valence-corrected chi connectivity index (χ4v) is 3.92. The fourth-order valence-electron chi connectivity index (χ4n) is 3.92. The topological polar surface area (TPSA) is 70.5 Å². The largest absolute Gasteiger partial charge is 0.457 e. The van der Waals surface area contributed by atoms with Crippen LogP contribution in [0.4, 0.5) is 64.1 Å². The Kier molecular flexibility index (Phi) is 10.3. The van der Waals surface area contributed by atoms with Crippen molar-refractivity contribution in [3.8, 4) is 23.0 Å². The van der Waals surface area contributed by atoms with Crippen LogP contribution in [0.25, 0.3) is 0 Å². The highest BCUT2D eigenvalue weighted by Gasteiger charge is 2.68. The highest BCUT2D eigenvalue weighted by atomic mass is 19.4. The molecule has 47 heavy (non-hydrogen) atoms. The van der Waals surface area contributed by atoms with Gasteiger partial charge in [-0.2, -0.15) is 52.7 Å². The number of alkyl halides is 12.